The van der Waals surface area contributed by atoms with E-state index in [1.165, 1.54) is 22.0 Å². The minimum atomic E-state index is -0.486. The summed E-state index contributed by atoms with van der Waals surface area (Å²) in [6.45, 7) is 6.50. The first kappa shape index (κ1) is 17.6. The van der Waals surface area contributed by atoms with Gasteiger partial charge < -0.3 is 15.0 Å². The zero-order chi connectivity index (χ0) is 19.0. The molecule has 1 aliphatic rings. The van der Waals surface area contributed by atoms with Gasteiger partial charge in [-0.25, -0.2) is 4.98 Å². The molecule has 1 aliphatic heterocycles. The van der Waals surface area contributed by atoms with Crippen LogP contribution in [0.15, 0.2) is 29.2 Å². The molecular formula is C18H19N5O3S. The maximum Gasteiger partial charge on any atom is 0.288 e. The number of carbonyl (C=O) groups excluding carboxylic acids is 1. The van der Waals surface area contributed by atoms with Crippen molar-refractivity contribution in [2.24, 2.45) is 0 Å². The number of anilines is 2. The van der Waals surface area contributed by atoms with E-state index in [4.69, 9.17) is 4.74 Å². The van der Waals surface area contributed by atoms with Crippen LogP contribution in [0.25, 0.3) is 4.96 Å². The number of benzene rings is 1. The lowest BCUT2D eigenvalue weighted by molar-refractivity contribution is 0.102. The summed E-state index contributed by atoms with van der Waals surface area (Å²) < 4.78 is 6.55. The first-order valence-corrected chi connectivity index (χ1v) is 9.45. The van der Waals surface area contributed by atoms with Crippen LogP contribution in [-0.4, -0.2) is 46.8 Å². The Labute approximate surface area is 159 Å². The van der Waals surface area contributed by atoms with Gasteiger partial charge in [0.05, 0.1) is 13.2 Å². The Balaban J connectivity index is 1.67. The molecule has 0 aliphatic carbocycles. The molecule has 1 saturated heterocycles. The van der Waals surface area contributed by atoms with Crippen molar-refractivity contribution in [2.45, 2.75) is 13.8 Å². The van der Waals surface area contributed by atoms with Crippen molar-refractivity contribution < 1.29 is 9.53 Å². The molecule has 1 fully saturated rings. The van der Waals surface area contributed by atoms with Crippen LogP contribution in [0.4, 0.5) is 10.8 Å². The van der Waals surface area contributed by atoms with E-state index in [0.717, 1.165) is 11.1 Å². The van der Waals surface area contributed by atoms with Crippen LogP contribution in [0.1, 0.15) is 21.5 Å². The van der Waals surface area contributed by atoms with Crippen molar-refractivity contribution in [3.63, 3.8) is 0 Å². The van der Waals surface area contributed by atoms with Gasteiger partial charge in [-0.2, -0.15) is 4.52 Å². The molecule has 1 amide bonds. The molecule has 0 unspecified atom stereocenters. The zero-order valence-electron chi connectivity index (χ0n) is 15.1. The summed E-state index contributed by atoms with van der Waals surface area (Å²) in [5, 5.41) is 7.90. The number of hydrogen-bond donors (Lipinski definition) is 1. The van der Waals surface area contributed by atoms with Crippen LogP contribution in [0, 0.1) is 13.8 Å². The summed E-state index contributed by atoms with van der Waals surface area (Å²) in [4.78, 5) is 32.2. The molecule has 3 heterocycles. The number of nitrogens with one attached hydrogen (secondary N) is 1. The van der Waals surface area contributed by atoms with Crippen molar-refractivity contribution in [1.29, 1.82) is 0 Å². The van der Waals surface area contributed by atoms with Gasteiger partial charge in [-0.3, -0.25) is 9.59 Å². The van der Waals surface area contributed by atoms with Crippen molar-refractivity contribution in [3.05, 3.63) is 51.4 Å². The van der Waals surface area contributed by atoms with E-state index >= 15 is 0 Å². The Hall–Kier alpha value is -2.78. The number of morpholine rings is 1. The lowest BCUT2D eigenvalue weighted by Crippen LogP contribution is -2.36. The highest BCUT2D eigenvalue weighted by atomic mass is 32.1. The zero-order valence-corrected chi connectivity index (χ0v) is 15.9. The van der Waals surface area contributed by atoms with E-state index in [2.05, 4.69) is 20.3 Å². The predicted octanol–water partition coefficient (Wildman–Crippen LogP) is 1.86. The second-order valence-electron chi connectivity index (χ2n) is 6.38. The molecule has 27 heavy (non-hydrogen) atoms. The number of hydrogen-bond acceptors (Lipinski definition) is 7. The highest BCUT2D eigenvalue weighted by Gasteiger charge is 2.20. The van der Waals surface area contributed by atoms with E-state index in [1.807, 2.05) is 32.0 Å². The summed E-state index contributed by atoms with van der Waals surface area (Å²) in [5.41, 5.74) is 2.06. The number of rotatable bonds is 3. The van der Waals surface area contributed by atoms with Crippen LogP contribution in [-0.2, 0) is 4.74 Å². The monoisotopic (exact) mass is 385 g/mol. The number of fused-ring (bicyclic) bond motifs is 1. The van der Waals surface area contributed by atoms with Gasteiger partial charge in [0.1, 0.15) is 5.56 Å². The van der Waals surface area contributed by atoms with Gasteiger partial charge in [0.25, 0.3) is 11.5 Å². The third kappa shape index (κ3) is 3.31. The van der Waals surface area contributed by atoms with Crippen molar-refractivity contribution >= 4 is 33.0 Å². The van der Waals surface area contributed by atoms with Gasteiger partial charge in [-0.1, -0.05) is 29.5 Å². The van der Waals surface area contributed by atoms with Crippen LogP contribution in [0.3, 0.4) is 0 Å². The SMILES string of the molecule is Cc1cccc(C)c1NC(=O)c1cnc2sc(N3CCOCC3)nn2c1=O. The molecule has 8 nitrogen and oxygen atoms in total. The average Bonchev–Trinajstić information content (AvgIpc) is 3.11. The third-order valence-corrected chi connectivity index (χ3v) is 5.51. The number of aromatic nitrogens is 3. The first-order valence-electron chi connectivity index (χ1n) is 8.64. The van der Waals surface area contributed by atoms with Crippen LogP contribution in [0.2, 0.25) is 0 Å². The van der Waals surface area contributed by atoms with Crippen LogP contribution in [0.5, 0.6) is 0 Å². The number of carbonyl (C=O) groups is 1. The maximum atomic E-state index is 12.8. The average molecular weight is 385 g/mol. The summed E-state index contributed by atoms with van der Waals surface area (Å²) >= 11 is 1.33. The molecule has 1 N–H and O–H groups in total. The fraction of sp³-hybridized carbons (Fsp3) is 0.333. The fourth-order valence-corrected chi connectivity index (χ4v) is 3.92. The summed E-state index contributed by atoms with van der Waals surface area (Å²) in [6, 6.07) is 5.74. The number of aryl methyl sites for hydroxylation is 2. The Morgan fingerprint density at radius 1 is 1.22 bits per heavy atom. The summed E-state index contributed by atoms with van der Waals surface area (Å²) in [7, 11) is 0. The van der Waals surface area contributed by atoms with Gasteiger partial charge >= 0.3 is 0 Å². The molecule has 0 saturated carbocycles. The minimum absolute atomic E-state index is 0.0334. The molecule has 1 aromatic carbocycles. The second kappa shape index (κ2) is 7.09. The van der Waals surface area contributed by atoms with Gasteiger partial charge in [0.2, 0.25) is 10.1 Å². The molecule has 140 valence electrons. The first-order chi connectivity index (χ1) is 13.0. The van der Waals surface area contributed by atoms with E-state index in [-0.39, 0.29) is 5.56 Å². The number of nitrogens with zero attached hydrogens (tertiary/aromatic N) is 4. The quantitative estimate of drug-likeness (QED) is 0.740. The summed E-state index contributed by atoms with van der Waals surface area (Å²) in [6.07, 6.45) is 1.32. The van der Waals surface area contributed by atoms with E-state index in [1.54, 1.807) is 0 Å². The van der Waals surface area contributed by atoms with Crippen molar-refractivity contribution in [1.82, 2.24) is 14.6 Å². The van der Waals surface area contributed by atoms with Gasteiger partial charge in [0.15, 0.2) is 0 Å². The molecule has 0 bridgehead atoms. The Kier molecular flexibility index (Phi) is 4.63. The highest BCUT2D eigenvalue weighted by Crippen LogP contribution is 2.23. The van der Waals surface area contributed by atoms with E-state index < -0.39 is 11.5 Å². The topological polar surface area (TPSA) is 88.8 Å². The Morgan fingerprint density at radius 3 is 2.63 bits per heavy atom. The van der Waals surface area contributed by atoms with Crippen molar-refractivity contribution in [2.75, 3.05) is 36.5 Å². The smallest absolute Gasteiger partial charge is 0.288 e. The molecule has 9 heteroatoms. The van der Waals surface area contributed by atoms with Gasteiger partial charge in [-0.15, -0.1) is 5.10 Å². The van der Waals surface area contributed by atoms with E-state index in [0.29, 0.717) is 42.1 Å². The molecule has 3 aromatic rings. The molecule has 2 aromatic heterocycles. The van der Waals surface area contributed by atoms with Crippen LogP contribution < -0.4 is 15.8 Å². The summed E-state index contributed by atoms with van der Waals surface area (Å²) in [5.74, 6) is -0.486. The molecule has 0 spiro atoms. The molecule has 0 atom stereocenters. The van der Waals surface area contributed by atoms with Gasteiger partial charge in [0, 0.05) is 25.0 Å². The predicted molar refractivity (Wildman–Crippen MR) is 104 cm³/mol. The number of para-hydroxylation sites is 1. The Bertz CT molecular complexity index is 1050. The Morgan fingerprint density at radius 2 is 1.93 bits per heavy atom. The lowest BCUT2D eigenvalue weighted by atomic mass is 10.1. The van der Waals surface area contributed by atoms with Crippen LogP contribution >= 0.6 is 11.3 Å². The molecule has 0 radical (unpaired) electrons. The molecular weight excluding hydrogens is 366 g/mol. The highest BCUT2D eigenvalue weighted by molar-refractivity contribution is 7.20. The second-order valence-corrected chi connectivity index (χ2v) is 7.31. The van der Waals surface area contributed by atoms with Crippen molar-refractivity contribution in [3.8, 4) is 0 Å². The normalized spacial score (nSPS) is 14.5. The maximum absolute atomic E-state index is 12.8. The van der Waals surface area contributed by atoms with Gasteiger partial charge in [-0.05, 0) is 25.0 Å². The number of amides is 1. The minimum Gasteiger partial charge on any atom is -0.378 e. The number of ether oxygens (including phenoxy) is 1. The molecule has 4 rings (SSSR count). The van der Waals surface area contributed by atoms with E-state index in [9.17, 15) is 9.59 Å². The third-order valence-electron chi connectivity index (χ3n) is 4.52. The largest absolute Gasteiger partial charge is 0.378 e. The fourth-order valence-electron chi connectivity index (χ4n) is 3.01. The lowest BCUT2D eigenvalue weighted by Gasteiger charge is -2.25. The standard InChI is InChI=1S/C18H19N5O3S/c1-11-4-3-5-12(2)14(11)20-15(24)13-10-19-17-23(16(13)25)21-18(27-17)22-6-8-26-9-7-22/h3-5,10H,6-9H2,1-2H3,(H,20,24).